The summed E-state index contributed by atoms with van der Waals surface area (Å²) in [5, 5.41) is 9.12. The summed E-state index contributed by atoms with van der Waals surface area (Å²) in [5.74, 6) is 0. The van der Waals surface area contributed by atoms with E-state index in [1.165, 1.54) is 16.8 Å². The Labute approximate surface area is 73.6 Å². The molecular weight excluding hydrogens is 150 g/mol. The van der Waals surface area contributed by atoms with Gasteiger partial charge in [0.1, 0.15) is 0 Å². The third-order valence-electron chi connectivity index (χ3n) is 2.25. The van der Waals surface area contributed by atoms with Crippen LogP contribution in [-0.4, -0.2) is 16.2 Å². The molecule has 1 aromatic heterocycles. The van der Waals surface area contributed by atoms with E-state index in [1.807, 2.05) is 13.1 Å². The van der Waals surface area contributed by atoms with Gasteiger partial charge in [-0.05, 0) is 44.7 Å². The van der Waals surface area contributed by atoms with Gasteiger partial charge in [0.2, 0.25) is 0 Å². The predicted molar refractivity (Wildman–Crippen MR) is 50.3 cm³/mol. The van der Waals surface area contributed by atoms with Crippen LogP contribution in [0, 0.1) is 13.8 Å². The summed E-state index contributed by atoms with van der Waals surface area (Å²) >= 11 is 0. The summed E-state index contributed by atoms with van der Waals surface area (Å²) in [7, 11) is 0. The maximum atomic E-state index is 9.12. The number of nitrogens with one attached hydrogen (secondary N) is 1. The van der Waals surface area contributed by atoms with Crippen molar-refractivity contribution in [3.63, 3.8) is 0 Å². The number of aliphatic hydroxyl groups excluding tert-OH is 1. The van der Waals surface area contributed by atoms with Gasteiger partial charge in [0.15, 0.2) is 0 Å². The Morgan fingerprint density at radius 2 is 2.17 bits per heavy atom. The third-order valence-corrected chi connectivity index (χ3v) is 2.25. The lowest BCUT2D eigenvalue weighted by atomic mass is 10.0. The quantitative estimate of drug-likeness (QED) is 0.709. The van der Waals surface area contributed by atoms with Crippen molar-refractivity contribution in [3.8, 4) is 0 Å². The molecule has 1 atom stereocenters. The summed E-state index contributed by atoms with van der Waals surface area (Å²) in [4.78, 5) is 3.18. The number of aryl methyl sites for hydroxylation is 2. The minimum absolute atomic E-state index is 0.196. The minimum Gasteiger partial charge on any atom is -0.393 e. The number of hydrogen-bond donors (Lipinski definition) is 2. The second-order valence-corrected chi connectivity index (χ2v) is 3.46. The van der Waals surface area contributed by atoms with Crippen LogP contribution < -0.4 is 0 Å². The zero-order valence-electron chi connectivity index (χ0n) is 8.02. The van der Waals surface area contributed by atoms with Crippen LogP contribution in [-0.2, 0) is 6.42 Å². The molecule has 0 aliphatic carbocycles. The average molecular weight is 167 g/mol. The van der Waals surface area contributed by atoms with E-state index in [4.69, 9.17) is 5.11 Å². The molecule has 1 heterocycles. The molecule has 0 fully saturated rings. The Morgan fingerprint density at radius 1 is 1.50 bits per heavy atom. The summed E-state index contributed by atoms with van der Waals surface area (Å²) in [6, 6.07) is 0. The molecule has 12 heavy (non-hydrogen) atoms. The predicted octanol–water partition coefficient (Wildman–Crippen LogP) is 1.94. The van der Waals surface area contributed by atoms with Crippen molar-refractivity contribution in [1.29, 1.82) is 0 Å². The first-order valence-electron chi connectivity index (χ1n) is 4.42. The molecule has 0 aliphatic heterocycles. The van der Waals surface area contributed by atoms with E-state index < -0.39 is 0 Å². The molecular formula is C10H17NO. The molecule has 68 valence electrons. The van der Waals surface area contributed by atoms with Gasteiger partial charge in [0.05, 0.1) is 6.10 Å². The lowest BCUT2D eigenvalue weighted by molar-refractivity contribution is 0.185. The lowest BCUT2D eigenvalue weighted by Crippen LogP contribution is -2.02. The molecule has 0 radical (unpaired) electrons. The number of aromatic amines is 1. The van der Waals surface area contributed by atoms with Crippen LogP contribution in [0.4, 0.5) is 0 Å². The summed E-state index contributed by atoms with van der Waals surface area (Å²) in [6.07, 6.45) is 3.64. The SMILES string of the molecule is Cc1c[nH]c(C)c1CCC(C)O. The van der Waals surface area contributed by atoms with E-state index in [2.05, 4.69) is 18.8 Å². The molecule has 2 heteroatoms. The first-order chi connectivity index (χ1) is 5.61. The van der Waals surface area contributed by atoms with Crippen molar-refractivity contribution < 1.29 is 5.11 Å². The Balaban J connectivity index is 2.62. The fourth-order valence-electron chi connectivity index (χ4n) is 1.42. The number of rotatable bonds is 3. The average Bonchev–Trinajstić information content (AvgIpc) is 2.28. The van der Waals surface area contributed by atoms with E-state index in [0.29, 0.717) is 0 Å². The highest BCUT2D eigenvalue weighted by Gasteiger charge is 2.05. The molecule has 1 aromatic rings. The van der Waals surface area contributed by atoms with Gasteiger partial charge in [-0.1, -0.05) is 0 Å². The standard InChI is InChI=1S/C10H17NO/c1-7-6-11-9(3)10(7)5-4-8(2)12/h6,8,11-12H,4-5H2,1-3H3. The smallest absolute Gasteiger partial charge is 0.0515 e. The highest BCUT2D eigenvalue weighted by molar-refractivity contribution is 5.28. The fraction of sp³-hybridized carbons (Fsp3) is 0.600. The lowest BCUT2D eigenvalue weighted by Gasteiger charge is -2.04. The normalized spacial score (nSPS) is 13.3. The van der Waals surface area contributed by atoms with Crippen molar-refractivity contribution in [2.24, 2.45) is 0 Å². The van der Waals surface area contributed by atoms with Gasteiger partial charge < -0.3 is 10.1 Å². The van der Waals surface area contributed by atoms with Crippen molar-refractivity contribution in [3.05, 3.63) is 23.0 Å². The molecule has 0 aliphatic rings. The van der Waals surface area contributed by atoms with Crippen LogP contribution in [0.1, 0.15) is 30.2 Å². The number of hydrogen-bond acceptors (Lipinski definition) is 1. The molecule has 0 spiro atoms. The molecule has 2 N–H and O–H groups in total. The minimum atomic E-state index is -0.196. The highest BCUT2D eigenvalue weighted by atomic mass is 16.3. The Morgan fingerprint density at radius 3 is 2.58 bits per heavy atom. The molecule has 0 saturated carbocycles. The molecule has 0 aromatic carbocycles. The number of aliphatic hydroxyl groups is 1. The number of aromatic nitrogens is 1. The molecule has 0 bridgehead atoms. The van der Waals surface area contributed by atoms with Crippen molar-refractivity contribution in [2.45, 2.75) is 39.7 Å². The van der Waals surface area contributed by atoms with Crippen LogP contribution in [0.2, 0.25) is 0 Å². The zero-order chi connectivity index (χ0) is 9.14. The van der Waals surface area contributed by atoms with Crippen LogP contribution in [0.25, 0.3) is 0 Å². The van der Waals surface area contributed by atoms with Gasteiger partial charge in [-0.25, -0.2) is 0 Å². The topological polar surface area (TPSA) is 36.0 Å². The second-order valence-electron chi connectivity index (χ2n) is 3.46. The first-order valence-corrected chi connectivity index (χ1v) is 4.42. The molecule has 0 saturated heterocycles. The van der Waals surface area contributed by atoms with Gasteiger partial charge in [-0.2, -0.15) is 0 Å². The maximum absolute atomic E-state index is 9.12. The summed E-state index contributed by atoms with van der Waals surface area (Å²) in [5.41, 5.74) is 3.89. The van der Waals surface area contributed by atoms with E-state index in [-0.39, 0.29) is 6.10 Å². The molecule has 1 rings (SSSR count). The van der Waals surface area contributed by atoms with E-state index in [1.54, 1.807) is 0 Å². The van der Waals surface area contributed by atoms with Gasteiger partial charge in [-0.15, -0.1) is 0 Å². The Hall–Kier alpha value is -0.760. The fourth-order valence-corrected chi connectivity index (χ4v) is 1.42. The van der Waals surface area contributed by atoms with Gasteiger partial charge in [0, 0.05) is 11.9 Å². The number of H-pyrrole nitrogens is 1. The van der Waals surface area contributed by atoms with Crippen LogP contribution >= 0.6 is 0 Å². The Bertz CT molecular complexity index is 231. The summed E-state index contributed by atoms with van der Waals surface area (Å²) in [6.45, 7) is 6.00. The largest absolute Gasteiger partial charge is 0.393 e. The van der Waals surface area contributed by atoms with Crippen molar-refractivity contribution in [1.82, 2.24) is 4.98 Å². The van der Waals surface area contributed by atoms with E-state index in [0.717, 1.165) is 12.8 Å². The second kappa shape index (κ2) is 3.76. The van der Waals surface area contributed by atoms with Crippen molar-refractivity contribution >= 4 is 0 Å². The monoisotopic (exact) mass is 167 g/mol. The summed E-state index contributed by atoms with van der Waals surface area (Å²) < 4.78 is 0. The Kier molecular flexibility index (Phi) is 2.93. The van der Waals surface area contributed by atoms with E-state index in [9.17, 15) is 0 Å². The van der Waals surface area contributed by atoms with Crippen LogP contribution in [0.3, 0.4) is 0 Å². The maximum Gasteiger partial charge on any atom is 0.0515 e. The van der Waals surface area contributed by atoms with Crippen LogP contribution in [0.15, 0.2) is 6.20 Å². The van der Waals surface area contributed by atoms with Crippen molar-refractivity contribution in [2.75, 3.05) is 0 Å². The first kappa shape index (κ1) is 9.33. The van der Waals surface area contributed by atoms with Gasteiger partial charge in [0.25, 0.3) is 0 Å². The van der Waals surface area contributed by atoms with Crippen LogP contribution in [0.5, 0.6) is 0 Å². The van der Waals surface area contributed by atoms with Gasteiger partial charge >= 0.3 is 0 Å². The highest BCUT2D eigenvalue weighted by Crippen LogP contribution is 2.14. The van der Waals surface area contributed by atoms with Gasteiger partial charge in [-0.3, -0.25) is 0 Å². The molecule has 0 amide bonds. The zero-order valence-corrected chi connectivity index (χ0v) is 8.02. The third kappa shape index (κ3) is 2.11. The van der Waals surface area contributed by atoms with E-state index >= 15 is 0 Å². The molecule has 2 nitrogen and oxygen atoms in total. The molecule has 1 unspecified atom stereocenters.